The van der Waals surface area contributed by atoms with E-state index in [4.69, 9.17) is 5.21 Å². The fraction of sp³-hybridized carbons (Fsp3) is 0.444. The lowest BCUT2D eigenvalue weighted by atomic mass is 10.3. The van der Waals surface area contributed by atoms with E-state index in [0.717, 1.165) is 22.9 Å². The van der Waals surface area contributed by atoms with Gasteiger partial charge in [0.1, 0.15) is 0 Å². The van der Waals surface area contributed by atoms with Gasteiger partial charge in [-0.1, -0.05) is 6.92 Å². The maximum absolute atomic E-state index is 9.09. The molecule has 0 saturated heterocycles. The Morgan fingerprint density at radius 2 is 2.33 bits per heavy atom. The van der Waals surface area contributed by atoms with Gasteiger partial charge < -0.3 is 5.21 Å². The van der Waals surface area contributed by atoms with Crippen LogP contribution in [0.5, 0.6) is 0 Å². The number of hydrogen-bond acceptors (Lipinski definition) is 5. The summed E-state index contributed by atoms with van der Waals surface area (Å²) in [5, 5.41) is 14.4. The minimum absolute atomic E-state index is 0.421. The molecule has 0 aromatic carbocycles. The average molecular weight is 207 g/mol. The van der Waals surface area contributed by atoms with Crippen LogP contribution >= 0.6 is 0 Å². The Hall–Kier alpha value is -1.53. The van der Waals surface area contributed by atoms with Gasteiger partial charge in [0.15, 0.2) is 5.82 Å². The zero-order valence-electron chi connectivity index (χ0n) is 8.75. The van der Waals surface area contributed by atoms with Gasteiger partial charge in [-0.25, -0.2) is 9.50 Å². The number of rotatable bonds is 3. The van der Waals surface area contributed by atoms with Crippen LogP contribution < -0.4 is 0 Å². The molecule has 2 aromatic heterocycles. The fourth-order valence-corrected chi connectivity index (χ4v) is 1.36. The quantitative estimate of drug-likeness (QED) is 0.743. The van der Waals surface area contributed by atoms with Crippen LogP contribution in [0.4, 0.5) is 0 Å². The molecule has 0 aliphatic carbocycles. The highest BCUT2D eigenvalue weighted by molar-refractivity contribution is 5.27. The molecule has 0 aliphatic rings. The molecule has 2 heterocycles. The Morgan fingerprint density at radius 3 is 3.00 bits per heavy atom. The third-order valence-electron chi connectivity index (χ3n) is 2.02. The highest BCUT2D eigenvalue weighted by Crippen LogP contribution is 2.03. The summed E-state index contributed by atoms with van der Waals surface area (Å²) in [6, 6.07) is 0. The predicted molar refractivity (Wildman–Crippen MR) is 53.4 cm³/mol. The number of aromatic nitrogens is 4. The number of hydrogen-bond donors (Lipinski definition) is 1. The lowest BCUT2D eigenvalue weighted by Crippen LogP contribution is -2.12. The van der Waals surface area contributed by atoms with Gasteiger partial charge in [0.05, 0.1) is 6.54 Å². The van der Waals surface area contributed by atoms with Crippen molar-refractivity contribution in [1.82, 2.24) is 24.6 Å². The molecule has 0 radical (unpaired) electrons. The second-order valence-electron chi connectivity index (χ2n) is 3.40. The SMILES string of the molecule is CCc1nc2ncc(CN(C)O)cn2n1. The van der Waals surface area contributed by atoms with Crippen molar-refractivity contribution in [3.63, 3.8) is 0 Å². The van der Waals surface area contributed by atoms with Crippen molar-refractivity contribution in [3.05, 3.63) is 23.8 Å². The molecule has 80 valence electrons. The van der Waals surface area contributed by atoms with E-state index < -0.39 is 0 Å². The van der Waals surface area contributed by atoms with E-state index in [-0.39, 0.29) is 0 Å². The number of fused-ring (bicyclic) bond motifs is 1. The highest BCUT2D eigenvalue weighted by atomic mass is 16.5. The third-order valence-corrected chi connectivity index (χ3v) is 2.02. The van der Waals surface area contributed by atoms with Crippen molar-refractivity contribution in [2.45, 2.75) is 19.9 Å². The minimum atomic E-state index is 0.421. The second-order valence-corrected chi connectivity index (χ2v) is 3.40. The van der Waals surface area contributed by atoms with Gasteiger partial charge in [-0.3, -0.25) is 0 Å². The van der Waals surface area contributed by atoms with Gasteiger partial charge in [-0.15, -0.1) is 5.10 Å². The molecule has 0 amide bonds. The summed E-state index contributed by atoms with van der Waals surface area (Å²) in [7, 11) is 1.59. The van der Waals surface area contributed by atoms with Crippen LogP contribution in [0.15, 0.2) is 12.4 Å². The summed E-state index contributed by atoms with van der Waals surface area (Å²) in [5.41, 5.74) is 0.889. The Balaban J connectivity index is 2.37. The van der Waals surface area contributed by atoms with Crippen LogP contribution in [0.25, 0.3) is 5.78 Å². The molecule has 6 nitrogen and oxygen atoms in total. The average Bonchev–Trinajstić information content (AvgIpc) is 2.58. The Morgan fingerprint density at radius 1 is 1.53 bits per heavy atom. The molecule has 2 aromatic rings. The molecule has 2 rings (SSSR count). The summed E-state index contributed by atoms with van der Waals surface area (Å²) in [5.74, 6) is 1.37. The first-order chi connectivity index (χ1) is 7.19. The van der Waals surface area contributed by atoms with Crippen molar-refractivity contribution in [1.29, 1.82) is 0 Å². The largest absolute Gasteiger partial charge is 0.314 e. The molecule has 0 bridgehead atoms. The van der Waals surface area contributed by atoms with Gasteiger partial charge >= 0.3 is 0 Å². The van der Waals surface area contributed by atoms with Crippen LogP contribution in [0.2, 0.25) is 0 Å². The van der Waals surface area contributed by atoms with Crippen molar-refractivity contribution < 1.29 is 5.21 Å². The van der Waals surface area contributed by atoms with Crippen molar-refractivity contribution in [2.24, 2.45) is 0 Å². The van der Waals surface area contributed by atoms with E-state index in [1.165, 1.54) is 0 Å². The van der Waals surface area contributed by atoms with Gasteiger partial charge in [-0.05, 0) is 0 Å². The van der Waals surface area contributed by atoms with E-state index >= 15 is 0 Å². The zero-order valence-corrected chi connectivity index (χ0v) is 8.75. The van der Waals surface area contributed by atoms with E-state index in [2.05, 4.69) is 15.1 Å². The zero-order chi connectivity index (χ0) is 10.8. The van der Waals surface area contributed by atoms with E-state index in [1.807, 2.05) is 13.1 Å². The van der Waals surface area contributed by atoms with Crippen LogP contribution in [0.1, 0.15) is 18.3 Å². The first-order valence-electron chi connectivity index (χ1n) is 4.79. The summed E-state index contributed by atoms with van der Waals surface area (Å²) in [4.78, 5) is 8.37. The Labute approximate surface area is 87.1 Å². The molecule has 0 saturated carbocycles. The number of nitrogens with zero attached hydrogens (tertiary/aromatic N) is 5. The molecule has 6 heteroatoms. The van der Waals surface area contributed by atoms with Crippen LogP contribution in [0, 0.1) is 0 Å². The van der Waals surface area contributed by atoms with Gasteiger partial charge in [0.25, 0.3) is 5.78 Å². The maximum atomic E-state index is 9.09. The van der Waals surface area contributed by atoms with Gasteiger partial charge in [0.2, 0.25) is 0 Å². The van der Waals surface area contributed by atoms with Crippen LogP contribution in [0.3, 0.4) is 0 Å². The van der Waals surface area contributed by atoms with Crippen molar-refractivity contribution in [3.8, 4) is 0 Å². The highest BCUT2D eigenvalue weighted by Gasteiger charge is 2.04. The normalized spacial score (nSPS) is 11.5. The van der Waals surface area contributed by atoms with Crippen molar-refractivity contribution in [2.75, 3.05) is 7.05 Å². The summed E-state index contributed by atoms with van der Waals surface area (Å²) in [6.45, 7) is 2.42. The van der Waals surface area contributed by atoms with Gasteiger partial charge in [-0.2, -0.15) is 10.0 Å². The number of aryl methyl sites for hydroxylation is 1. The lowest BCUT2D eigenvalue weighted by molar-refractivity contribution is -0.0733. The summed E-state index contributed by atoms with van der Waals surface area (Å²) < 4.78 is 1.64. The van der Waals surface area contributed by atoms with Crippen LogP contribution in [-0.4, -0.2) is 36.9 Å². The van der Waals surface area contributed by atoms with Crippen molar-refractivity contribution >= 4 is 5.78 Å². The molecule has 15 heavy (non-hydrogen) atoms. The number of hydroxylamine groups is 2. The van der Waals surface area contributed by atoms with Gasteiger partial charge in [0, 0.05) is 31.4 Å². The standard InChI is InChI=1S/C9H13N5O/c1-3-8-11-9-10-4-7(5-13(2)15)6-14(9)12-8/h4,6,15H,3,5H2,1-2H3. The topological polar surface area (TPSA) is 66.5 Å². The maximum Gasteiger partial charge on any atom is 0.252 e. The second kappa shape index (κ2) is 3.92. The van der Waals surface area contributed by atoms with E-state index in [9.17, 15) is 0 Å². The molecule has 0 unspecified atom stereocenters. The first-order valence-corrected chi connectivity index (χ1v) is 4.79. The first kappa shape index (κ1) is 10.0. The molecule has 0 atom stereocenters. The minimum Gasteiger partial charge on any atom is -0.314 e. The van der Waals surface area contributed by atoms with E-state index in [0.29, 0.717) is 12.3 Å². The van der Waals surface area contributed by atoms with Crippen LogP contribution in [-0.2, 0) is 13.0 Å². The molecular weight excluding hydrogens is 194 g/mol. The molecule has 0 spiro atoms. The van der Waals surface area contributed by atoms with E-state index in [1.54, 1.807) is 17.8 Å². The molecule has 0 aliphatic heterocycles. The summed E-state index contributed by atoms with van der Waals surface area (Å²) in [6.07, 6.45) is 4.30. The monoisotopic (exact) mass is 207 g/mol. The summed E-state index contributed by atoms with van der Waals surface area (Å²) >= 11 is 0. The predicted octanol–water partition coefficient (Wildman–Crippen LogP) is 0.508. The fourth-order valence-electron chi connectivity index (χ4n) is 1.36. The Bertz CT molecular complexity index is 464. The Kier molecular flexibility index (Phi) is 2.61. The third kappa shape index (κ3) is 2.11. The lowest BCUT2D eigenvalue weighted by Gasteiger charge is -2.06. The molecular formula is C9H13N5O. The molecule has 1 N–H and O–H groups in total. The smallest absolute Gasteiger partial charge is 0.252 e. The molecule has 0 fully saturated rings.